The van der Waals surface area contributed by atoms with Crippen LogP contribution < -0.4 is 11.3 Å². The molecule has 0 bridgehead atoms. The van der Waals surface area contributed by atoms with E-state index in [0.717, 1.165) is 12.8 Å². The number of aliphatic imine (C=N–C) groups is 1. The summed E-state index contributed by atoms with van der Waals surface area (Å²) < 4.78 is 0. The summed E-state index contributed by atoms with van der Waals surface area (Å²) in [6.07, 6.45) is 14.7. The van der Waals surface area contributed by atoms with Crippen LogP contribution in [0.4, 0.5) is 0 Å². The summed E-state index contributed by atoms with van der Waals surface area (Å²) >= 11 is 0. The highest BCUT2D eigenvalue weighted by molar-refractivity contribution is 5.84. The first-order chi connectivity index (χ1) is 8.31. The number of nitrogens with one attached hydrogen (secondary N) is 2. The number of nitrogens with two attached hydrogens (primary N) is 1. The number of hydrogen-bond donors (Lipinski definition) is 3. The second-order valence-corrected chi connectivity index (χ2v) is 4.42. The zero-order valence-corrected chi connectivity index (χ0v) is 11.2. The van der Waals surface area contributed by atoms with Crippen molar-refractivity contribution >= 4 is 12.2 Å². The Balaban J connectivity index is 3.08. The van der Waals surface area contributed by atoms with Crippen LogP contribution in [0.2, 0.25) is 0 Å². The fourth-order valence-corrected chi connectivity index (χ4v) is 1.74. The van der Waals surface area contributed by atoms with Crippen LogP contribution in [0.5, 0.6) is 0 Å². The van der Waals surface area contributed by atoms with Gasteiger partial charge in [-0.1, -0.05) is 58.3 Å². The molecule has 0 aromatic carbocycles. The Bertz CT molecular complexity index is 202. The molecular weight excluding hydrogens is 212 g/mol. The molecule has 100 valence electrons. The van der Waals surface area contributed by atoms with Crippen LogP contribution >= 0.6 is 0 Å². The van der Waals surface area contributed by atoms with Gasteiger partial charge < -0.3 is 0 Å². The Morgan fingerprint density at radius 2 is 1.59 bits per heavy atom. The largest absolute Gasteiger partial charge is 0.293 e. The van der Waals surface area contributed by atoms with Crippen LogP contribution in [0.25, 0.3) is 0 Å². The van der Waals surface area contributed by atoms with E-state index in [1.54, 1.807) is 6.21 Å². The van der Waals surface area contributed by atoms with Crippen molar-refractivity contribution in [1.82, 2.24) is 5.43 Å². The summed E-state index contributed by atoms with van der Waals surface area (Å²) in [7, 11) is 0. The molecular formula is C13H28N4. The molecule has 4 N–H and O–H groups in total. The molecule has 0 radical (unpaired) electrons. The van der Waals surface area contributed by atoms with Gasteiger partial charge in [0.2, 0.25) is 5.96 Å². The number of nitrogens with zero attached hydrogens (tertiary/aromatic N) is 1. The maximum absolute atomic E-state index is 7.13. The van der Waals surface area contributed by atoms with Gasteiger partial charge in [-0.15, -0.1) is 0 Å². The van der Waals surface area contributed by atoms with Crippen molar-refractivity contribution in [2.45, 2.75) is 71.1 Å². The average Bonchev–Trinajstić information content (AvgIpc) is 2.35. The van der Waals surface area contributed by atoms with Crippen LogP contribution in [0.3, 0.4) is 0 Å². The second-order valence-electron chi connectivity index (χ2n) is 4.42. The molecule has 0 aliphatic rings. The van der Waals surface area contributed by atoms with E-state index in [-0.39, 0.29) is 5.96 Å². The van der Waals surface area contributed by atoms with Gasteiger partial charge in [0.1, 0.15) is 0 Å². The van der Waals surface area contributed by atoms with E-state index in [9.17, 15) is 0 Å². The first-order valence-electron chi connectivity index (χ1n) is 6.89. The first-order valence-corrected chi connectivity index (χ1v) is 6.89. The van der Waals surface area contributed by atoms with Gasteiger partial charge in [0, 0.05) is 6.21 Å². The fourth-order valence-electron chi connectivity index (χ4n) is 1.74. The molecule has 0 heterocycles. The third-order valence-corrected chi connectivity index (χ3v) is 2.79. The molecule has 0 aromatic rings. The van der Waals surface area contributed by atoms with E-state index in [1.165, 1.54) is 51.4 Å². The molecule has 0 spiro atoms. The van der Waals surface area contributed by atoms with Gasteiger partial charge in [-0.05, 0) is 12.8 Å². The second kappa shape index (κ2) is 13.2. The van der Waals surface area contributed by atoms with E-state index in [1.807, 2.05) is 0 Å². The summed E-state index contributed by atoms with van der Waals surface area (Å²) in [6, 6.07) is 0. The summed E-state index contributed by atoms with van der Waals surface area (Å²) in [5, 5.41) is 7.13. The van der Waals surface area contributed by atoms with Gasteiger partial charge in [-0.3, -0.25) is 10.8 Å². The Kier molecular flexibility index (Phi) is 12.5. The van der Waals surface area contributed by atoms with Crippen LogP contribution in [0, 0.1) is 5.41 Å². The Labute approximate surface area is 106 Å². The topological polar surface area (TPSA) is 74.3 Å². The molecule has 0 saturated carbocycles. The molecule has 0 aliphatic carbocycles. The van der Waals surface area contributed by atoms with Crippen molar-refractivity contribution in [2.75, 3.05) is 0 Å². The molecule has 17 heavy (non-hydrogen) atoms. The molecule has 0 aromatic heterocycles. The monoisotopic (exact) mass is 240 g/mol. The van der Waals surface area contributed by atoms with E-state index in [2.05, 4.69) is 17.3 Å². The lowest BCUT2D eigenvalue weighted by atomic mass is 10.1. The summed E-state index contributed by atoms with van der Waals surface area (Å²) in [6.45, 7) is 2.25. The minimum atomic E-state index is 0.0286. The van der Waals surface area contributed by atoms with Gasteiger partial charge in [0.05, 0.1) is 0 Å². The molecule has 0 fully saturated rings. The number of guanidine groups is 1. The predicted molar refractivity (Wildman–Crippen MR) is 75.4 cm³/mol. The lowest BCUT2D eigenvalue weighted by molar-refractivity contribution is 0.569. The van der Waals surface area contributed by atoms with Crippen LogP contribution in [0.1, 0.15) is 71.1 Å². The fraction of sp³-hybridized carbons (Fsp3) is 0.846. The maximum Gasteiger partial charge on any atom is 0.229 e. The molecule has 0 rings (SSSR count). The van der Waals surface area contributed by atoms with Gasteiger partial charge in [0.15, 0.2) is 0 Å². The lowest BCUT2D eigenvalue weighted by Crippen LogP contribution is -2.27. The molecule has 0 aliphatic heterocycles. The highest BCUT2D eigenvalue weighted by Crippen LogP contribution is 2.09. The highest BCUT2D eigenvalue weighted by Gasteiger charge is 1.91. The number of hydrazine groups is 1. The number of hydrogen-bond acceptors (Lipinski definition) is 2. The summed E-state index contributed by atoms with van der Waals surface area (Å²) in [5.41, 5.74) is 2.19. The van der Waals surface area contributed by atoms with Crippen molar-refractivity contribution in [3.8, 4) is 0 Å². The lowest BCUT2D eigenvalue weighted by Gasteiger charge is -2.00. The highest BCUT2D eigenvalue weighted by atomic mass is 15.3. The molecule has 0 saturated heterocycles. The molecule has 0 unspecified atom stereocenters. The Hall–Kier alpha value is -0.900. The smallest absolute Gasteiger partial charge is 0.229 e. The standard InChI is InChI=1S/C13H28N4/c1-2-3-4-5-6-7-8-9-10-11-12-16-13(14)17-15/h12H,2-11,15H2,1H3,(H2,14,17). The number of rotatable bonds is 10. The van der Waals surface area contributed by atoms with Gasteiger partial charge in [0.25, 0.3) is 0 Å². The Morgan fingerprint density at radius 3 is 2.12 bits per heavy atom. The molecule has 4 nitrogen and oxygen atoms in total. The predicted octanol–water partition coefficient (Wildman–Crippen LogP) is 3.38. The van der Waals surface area contributed by atoms with E-state index in [4.69, 9.17) is 11.3 Å². The van der Waals surface area contributed by atoms with Gasteiger partial charge >= 0.3 is 0 Å². The normalized spacial score (nSPS) is 10.9. The van der Waals surface area contributed by atoms with Crippen LogP contribution in [-0.4, -0.2) is 12.2 Å². The third-order valence-electron chi connectivity index (χ3n) is 2.79. The zero-order valence-electron chi connectivity index (χ0n) is 11.2. The average molecular weight is 240 g/mol. The van der Waals surface area contributed by atoms with Crippen LogP contribution in [0.15, 0.2) is 4.99 Å². The maximum atomic E-state index is 7.13. The summed E-state index contributed by atoms with van der Waals surface area (Å²) in [5.74, 6) is 5.04. The SMILES string of the molecule is CCCCCCCCCCCC=NC(=N)NN. The van der Waals surface area contributed by atoms with E-state index in [0.29, 0.717) is 0 Å². The van der Waals surface area contributed by atoms with Gasteiger partial charge in [-0.2, -0.15) is 0 Å². The first kappa shape index (κ1) is 16.1. The third kappa shape index (κ3) is 13.0. The van der Waals surface area contributed by atoms with Crippen molar-refractivity contribution in [3.63, 3.8) is 0 Å². The zero-order chi connectivity index (χ0) is 12.8. The number of unbranched alkanes of at least 4 members (excludes halogenated alkanes) is 9. The van der Waals surface area contributed by atoms with E-state index >= 15 is 0 Å². The van der Waals surface area contributed by atoms with Crippen molar-refractivity contribution in [2.24, 2.45) is 10.8 Å². The summed E-state index contributed by atoms with van der Waals surface area (Å²) in [4.78, 5) is 3.83. The Morgan fingerprint density at radius 1 is 1.06 bits per heavy atom. The molecule has 0 amide bonds. The van der Waals surface area contributed by atoms with Crippen molar-refractivity contribution in [3.05, 3.63) is 0 Å². The van der Waals surface area contributed by atoms with E-state index < -0.39 is 0 Å². The van der Waals surface area contributed by atoms with Crippen molar-refractivity contribution < 1.29 is 0 Å². The quantitative estimate of drug-likeness (QED) is 0.180. The molecule has 0 atom stereocenters. The molecule has 4 heteroatoms. The van der Waals surface area contributed by atoms with Crippen LogP contribution in [-0.2, 0) is 0 Å². The minimum absolute atomic E-state index is 0.0286. The van der Waals surface area contributed by atoms with Gasteiger partial charge in [-0.25, -0.2) is 10.8 Å². The minimum Gasteiger partial charge on any atom is -0.293 e. The van der Waals surface area contributed by atoms with Crippen molar-refractivity contribution in [1.29, 1.82) is 5.41 Å².